The van der Waals surface area contributed by atoms with Crippen LogP contribution in [0.3, 0.4) is 0 Å². The summed E-state index contributed by atoms with van der Waals surface area (Å²) in [4.78, 5) is 1.34. The van der Waals surface area contributed by atoms with Gasteiger partial charge in [-0.25, -0.2) is 0 Å². The number of fused-ring (bicyclic) bond motifs is 1. The number of rotatable bonds is 1. The molecular weight excluding hydrogens is 214 g/mol. The summed E-state index contributed by atoms with van der Waals surface area (Å²) >= 11 is 1.89. The van der Waals surface area contributed by atoms with Crippen molar-refractivity contribution in [2.45, 2.75) is 17.2 Å². The van der Waals surface area contributed by atoms with Gasteiger partial charge in [-0.05, 0) is 30.2 Å². The number of anilines is 1. The van der Waals surface area contributed by atoms with Crippen molar-refractivity contribution in [3.05, 3.63) is 59.7 Å². The maximum atomic E-state index is 3.55. The van der Waals surface area contributed by atoms with E-state index >= 15 is 0 Å². The molecule has 1 aliphatic rings. The lowest BCUT2D eigenvalue weighted by Crippen LogP contribution is -2.02. The number of nitrogens with one attached hydrogen (secondary N) is 1. The van der Waals surface area contributed by atoms with Crippen molar-refractivity contribution in [2.75, 3.05) is 5.32 Å². The Labute approximate surface area is 99.9 Å². The second kappa shape index (κ2) is 3.87. The van der Waals surface area contributed by atoms with E-state index in [4.69, 9.17) is 0 Å². The van der Waals surface area contributed by atoms with E-state index in [1.165, 1.54) is 21.7 Å². The lowest BCUT2D eigenvalue weighted by Gasteiger charge is -2.13. The van der Waals surface area contributed by atoms with Crippen LogP contribution >= 0.6 is 11.8 Å². The van der Waals surface area contributed by atoms with Gasteiger partial charge in [0.15, 0.2) is 0 Å². The van der Waals surface area contributed by atoms with Crippen LogP contribution in [0.25, 0.3) is 0 Å². The van der Waals surface area contributed by atoms with Crippen LogP contribution in [-0.2, 0) is 0 Å². The van der Waals surface area contributed by atoms with Gasteiger partial charge in [-0.3, -0.25) is 0 Å². The van der Waals surface area contributed by atoms with Gasteiger partial charge in [-0.2, -0.15) is 0 Å². The van der Waals surface area contributed by atoms with Gasteiger partial charge in [0.1, 0.15) is 5.37 Å². The molecule has 1 heterocycles. The number of hydrogen-bond acceptors (Lipinski definition) is 2. The first-order valence-corrected chi connectivity index (χ1v) is 6.30. The van der Waals surface area contributed by atoms with Crippen molar-refractivity contribution in [3.8, 4) is 0 Å². The molecule has 0 saturated heterocycles. The Morgan fingerprint density at radius 3 is 2.56 bits per heavy atom. The zero-order valence-corrected chi connectivity index (χ0v) is 9.92. The van der Waals surface area contributed by atoms with Crippen LogP contribution in [0.1, 0.15) is 16.5 Å². The molecule has 1 nitrogen and oxygen atoms in total. The van der Waals surface area contributed by atoms with Crippen LogP contribution in [0.2, 0.25) is 0 Å². The fourth-order valence-electron chi connectivity index (χ4n) is 2.01. The van der Waals surface area contributed by atoms with E-state index in [9.17, 15) is 0 Å². The summed E-state index contributed by atoms with van der Waals surface area (Å²) in [5, 5.41) is 3.91. The average molecular weight is 227 g/mol. The Morgan fingerprint density at radius 2 is 1.75 bits per heavy atom. The zero-order chi connectivity index (χ0) is 11.0. The minimum absolute atomic E-state index is 0.360. The Balaban J connectivity index is 1.95. The highest BCUT2D eigenvalue weighted by molar-refractivity contribution is 8.00. The lowest BCUT2D eigenvalue weighted by atomic mass is 10.1. The van der Waals surface area contributed by atoms with Crippen molar-refractivity contribution in [1.29, 1.82) is 0 Å². The van der Waals surface area contributed by atoms with Gasteiger partial charge in [0.05, 0.1) is 0 Å². The highest BCUT2D eigenvalue weighted by Crippen LogP contribution is 2.46. The monoisotopic (exact) mass is 227 g/mol. The quantitative estimate of drug-likeness (QED) is 0.783. The number of thioether (sulfide) groups is 1. The molecule has 3 rings (SSSR count). The van der Waals surface area contributed by atoms with Crippen LogP contribution in [0, 0.1) is 6.92 Å². The van der Waals surface area contributed by atoms with Crippen LogP contribution in [0.5, 0.6) is 0 Å². The Kier molecular flexibility index (Phi) is 2.37. The van der Waals surface area contributed by atoms with Crippen molar-refractivity contribution >= 4 is 17.4 Å². The van der Waals surface area contributed by atoms with E-state index in [1.54, 1.807) is 0 Å². The zero-order valence-electron chi connectivity index (χ0n) is 9.10. The third-order valence-corrected chi connectivity index (χ3v) is 4.11. The predicted octanol–water partition coefficient (Wildman–Crippen LogP) is 4.21. The topological polar surface area (TPSA) is 12.0 Å². The smallest absolute Gasteiger partial charge is 0.103 e. The molecular formula is C14H13NS. The minimum atomic E-state index is 0.360. The van der Waals surface area contributed by atoms with Crippen molar-refractivity contribution in [2.24, 2.45) is 0 Å². The van der Waals surface area contributed by atoms with Crippen molar-refractivity contribution in [3.63, 3.8) is 0 Å². The Hall–Kier alpha value is -1.41. The standard InChI is InChI=1S/C14H13NS/c1-10-6-2-3-7-11(10)14-15-12-8-4-5-9-13(12)16-14/h2-9,14-15H,1H3. The van der Waals surface area contributed by atoms with E-state index in [-0.39, 0.29) is 0 Å². The maximum Gasteiger partial charge on any atom is 0.103 e. The molecule has 2 heteroatoms. The summed E-state index contributed by atoms with van der Waals surface area (Å²) in [5.74, 6) is 0. The second-order valence-electron chi connectivity index (χ2n) is 3.99. The Morgan fingerprint density at radius 1 is 1.00 bits per heavy atom. The molecule has 0 aliphatic carbocycles. The summed E-state index contributed by atoms with van der Waals surface area (Å²) in [6.07, 6.45) is 0. The molecule has 1 N–H and O–H groups in total. The highest BCUT2D eigenvalue weighted by atomic mass is 32.2. The van der Waals surface area contributed by atoms with E-state index in [0.29, 0.717) is 5.37 Å². The van der Waals surface area contributed by atoms with Gasteiger partial charge in [0.25, 0.3) is 0 Å². The molecule has 2 aromatic carbocycles. The van der Waals surface area contributed by atoms with E-state index in [1.807, 2.05) is 11.8 Å². The molecule has 1 atom stereocenters. The first-order valence-electron chi connectivity index (χ1n) is 5.42. The summed E-state index contributed by atoms with van der Waals surface area (Å²) < 4.78 is 0. The Bertz CT molecular complexity index is 497. The van der Waals surface area contributed by atoms with Gasteiger partial charge in [-0.15, -0.1) is 0 Å². The normalized spacial score (nSPS) is 17.9. The third-order valence-electron chi connectivity index (χ3n) is 2.89. The van der Waals surface area contributed by atoms with E-state index < -0.39 is 0 Å². The SMILES string of the molecule is Cc1ccccc1C1Nc2ccccc2S1. The molecule has 0 spiro atoms. The van der Waals surface area contributed by atoms with Crippen LogP contribution in [0.4, 0.5) is 5.69 Å². The van der Waals surface area contributed by atoms with Gasteiger partial charge in [0, 0.05) is 10.6 Å². The number of para-hydroxylation sites is 1. The van der Waals surface area contributed by atoms with Crippen LogP contribution < -0.4 is 5.32 Å². The molecule has 1 aliphatic heterocycles. The molecule has 0 aromatic heterocycles. The van der Waals surface area contributed by atoms with Crippen molar-refractivity contribution in [1.82, 2.24) is 0 Å². The van der Waals surface area contributed by atoms with E-state index in [0.717, 1.165) is 0 Å². The second-order valence-corrected chi connectivity index (χ2v) is 5.14. The fraction of sp³-hybridized carbons (Fsp3) is 0.143. The minimum Gasteiger partial charge on any atom is -0.368 e. The molecule has 80 valence electrons. The average Bonchev–Trinajstić information content (AvgIpc) is 2.73. The van der Waals surface area contributed by atoms with Gasteiger partial charge >= 0.3 is 0 Å². The van der Waals surface area contributed by atoms with E-state index in [2.05, 4.69) is 60.8 Å². The van der Waals surface area contributed by atoms with Crippen molar-refractivity contribution < 1.29 is 0 Å². The molecule has 0 saturated carbocycles. The molecule has 0 bridgehead atoms. The summed E-state index contributed by atoms with van der Waals surface area (Å²) in [6, 6.07) is 17.0. The molecule has 0 fully saturated rings. The number of benzene rings is 2. The first-order chi connectivity index (χ1) is 7.84. The predicted molar refractivity (Wildman–Crippen MR) is 69.8 cm³/mol. The molecule has 0 amide bonds. The maximum absolute atomic E-state index is 3.55. The lowest BCUT2D eigenvalue weighted by molar-refractivity contribution is 1.10. The summed E-state index contributed by atoms with van der Waals surface area (Å²) in [6.45, 7) is 2.17. The first kappa shape index (κ1) is 9.79. The van der Waals surface area contributed by atoms with Crippen LogP contribution in [-0.4, -0.2) is 0 Å². The largest absolute Gasteiger partial charge is 0.368 e. The third kappa shape index (κ3) is 1.59. The van der Waals surface area contributed by atoms with Gasteiger partial charge in [-0.1, -0.05) is 48.2 Å². The van der Waals surface area contributed by atoms with Crippen LogP contribution in [0.15, 0.2) is 53.4 Å². The molecule has 16 heavy (non-hydrogen) atoms. The number of hydrogen-bond donors (Lipinski definition) is 1. The summed E-state index contributed by atoms with van der Waals surface area (Å²) in [7, 11) is 0. The molecule has 2 aromatic rings. The summed E-state index contributed by atoms with van der Waals surface area (Å²) in [5.41, 5.74) is 3.98. The van der Waals surface area contributed by atoms with Gasteiger partial charge < -0.3 is 5.32 Å². The molecule has 1 unspecified atom stereocenters. The highest BCUT2D eigenvalue weighted by Gasteiger charge is 2.22. The number of aryl methyl sites for hydroxylation is 1. The fourth-order valence-corrected chi connectivity index (χ4v) is 3.25. The molecule has 0 radical (unpaired) electrons. The van der Waals surface area contributed by atoms with Gasteiger partial charge in [0.2, 0.25) is 0 Å².